The van der Waals surface area contributed by atoms with Crippen LogP contribution in [0.2, 0.25) is 0 Å². The van der Waals surface area contributed by atoms with E-state index in [-0.39, 0.29) is 5.56 Å². The Kier molecular flexibility index (Phi) is 2.82. The number of rotatable bonds is 2. The van der Waals surface area contributed by atoms with Gasteiger partial charge in [-0.1, -0.05) is 11.8 Å². The molecule has 0 aromatic heterocycles. The molecule has 1 unspecified atom stereocenters. The second-order valence-electron chi connectivity index (χ2n) is 3.85. The normalized spacial score (nSPS) is 19.2. The number of hydrogen-bond donors (Lipinski definition) is 1. The molecule has 0 saturated heterocycles. The minimum atomic E-state index is -3.21. The summed E-state index contributed by atoms with van der Waals surface area (Å²) in [5.41, 5.74) is 0.802. The molecular weight excluding hydrogens is 262 g/mol. The third-order valence-electron chi connectivity index (χ3n) is 2.50. The Bertz CT molecular complexity index is 582. The van der Waals surface area contributed by atoms with Crippen LogP contribution in [0.25, 0.3) is 0 Å². The molecule has 0 saturated carbocycles. The molecule has 17 heavy (non-hydrogen) atoms. The van der Waals surface area contributed by atoms with Gasteiger partial charge in [0.15, 0.2) is 14.5 Å². The van der Waals surface area contributed by atoms with Crippen molar-refractivity contribution in [3.05, 3.63) is 23.8 Å². The van der Waals surface area contributed by atoms with Crippen molar-refractivity contribution in [1.82, 2.24) is 0 Å². The number of fused-ring (bicyclic) bond motifs is 1. The van der Waals surface area contributed by atoms with Gasteiger partial charge >= 0.3 is 5.97 Å². The van der Waals surface area contributed by atoms with Crippen LogP contribution < -0.4 is 4.90 Å². The minimum Gasteiger partial charge on any atom is -0.478 e. The SMILES string of the molecule is CN1c2cc(C(=O)O)ccc2SC1S(C)(=O)=O. The van der Waals surface area contributed by atoms with Gasteiger partial charge in [0, 0.05) is 18.2 Å². The Hall–Kier alpha value is -1.21. The Morgan fingerprint density at radius 3 is 2.65 bits per heavy atom. The molecule has 1 aliphatic heterocycles. The molecule has 7 heteroatoms. The first-order chi connectivity index (χ1) is 7.80. The highest BCUT2D eigenvalue weighted by Crippen LogP contribution is 2.44. The van der Waals surface area contributed by atoms with Crippen molar-refractivity contribution in [3.8, 4) is 0 Å². The summed E-state index contributed by atoms with van der Waals surface area (Å²) in [6.07, 6.45) is 1.17. The molecule has 1 aromatic carbocycles. The Labute approximate surface area is 103 Å². The summed E-state index contributed by atoms with van der Waals surface area (Å²) in [6.45, 7) is 0. The van der Waals surface area contributed by atoms with E-state index >= 15 is 0 Å². The second kappa shape index (κ2) is 3.92. The summed E-state index contributed by atoms with van der Waals surface area (Å²) < 4.78 is 22.4. The summed E-state index contributed by atoms with van der Waals surface area (Å²) in [5, 5.41) is 8.88. The summed E-state index contributed by atoms with van der Waals surface area (Å²) in [7, 11) is -1.56. The van der Waals surface area contributed by atoms with Crippen molar-refractivity contribution in [2.45, 2.75) is 9.60 Å². The third kappa shape index (κ3) is 2.12. The first kappa shape index (κ1) is 12.3. The molecule has 0 spiro atoms. The van der Waals surface area contributed by atoms with Gasteiger partial charge in [-0.05, 0) is 18.2 Å². The fourth-order valence-corrected chi connectivity index (χ4v) is 4.36. The quantitative estimate of drug-likeness (QED) is 0.874. The topological polar surface area (TPSA) is 74.7 Å². The first-order valence-corrected chi connectivity index (χ1v) is 7.60. The zero-order valence-electron chi connectivity index (χ0n) is 9.25. The maximum atomic E-state index is 11.6. The Balaban J connectivity index is 2.46. The Morgan fingerprint density at radius 1 is 1.47 bits per heavy atom. The number of aromatic carboxylic acids is 1. The second-order valence-corrected chi connectivity index (χ2v) is 7.38. The third-order valence-corrected chi connectivity index (χ3v) is 6.00. The highest BCUT2D eigenvalue weighted by molar-refractivity contribution is 8.13. The molecular formula is C10H11NO4S2. The van der Waals surface area contributed by atoms with E-state index in [1.165, 1.54) is 30.2 Å². The fourth-order valence-electron chi connectivity index (χ4n) is 1.70. The summed E-state index contributed by atoms with van der Waals surface area (Å²) in [6, 6.07) is 4.62. The van der Waals surface area contributed by atoms with Crippen LogP contribution in [0.1, 0.15) is 10.4 Å². The predicted molar refractivity (Wildman–Crippen MR) is 66.3 cm³/mol. The number of thioether (sulfide) groups is 1. The lowest BCUT2D eigenvalue weighted by molar-refractivity contribution is 0.0697. The number of hydrogen-bond acceptors (Lipinski definition) is 5. The van der Waals surface area contributed by atoms with E-state index in [0.29, 0.717) is 5.69 Å². The fraction of sp³-hybridized carbons (Fsp3) is 0.300. The molecule has 1 aliphatic rings. The van der Waals surface area contributed by atoms with E-state index in [2.05, 4.69) is 0 Å². The zero-order valence-corrected chi connectivity index (χ0v) is 10.9. The van der Waals surface area contributed by atoms with Gasteiger partial charge in [-0.2, -0.15) is 0 Å². The monoisotopic (exact) mass is 273 g/mol. The van der Waals surface area contributed by atoms with E-state index in [1.807, 2.05) is 0 Å². The van der Waals surface area contributed by atoms with Gasteiger partial charge < -0.3 is 10.0 Å². The molecule has 0 fully saturated rings. The average molecular weight is 273 g/mol. The first-order valence-electron chi connectivity index (χ1n) is 4.76. The van der Waals surface area contributed by atoms with Gasteiger partial charge in [0.25, 0.3) is 0 Å². The molecule has 1 atom stereocenters. The minimum absolute atomic E-state index is 0.158. The van der Waals surface area contributed by atoms with Crippen LogP contribution in [0.4, 0.5) is 5.69 Å². The van der Waals surface area contributed by atoms with Gasteiger partial charge in [-0.25, -0.2) is 13.2 Å². The number of carboxylic acids is 1. The summed E-state index contributed by atoms with van der Waals surface area (Å²) >= 11 is 1.22. The standard InChI is InChI=1S/C10H11NO4S2/c1-11-7-5-6(9(12)13)3-4-8(7)16-10(11)17(2,14)15/h3-5,10H,1-2H3,(H,12,13). The summed E-state index contributed by atoms with van der Waals surface area (Å²) in [5.74, 6) is -1.02. The average Bonchev–Trinajstić information content (AvgIpc) is 2.55. The molecule has 0 aliphatic carbocycles. The predicted octanol–water partition coefficient (Wildman–Crippen LogP) is 1.25. The van der Waals surface area contributed by atoms with Crippen LogP contribution >= 0.6 is 11.8 Å². The number of benzene rings is 1. The van der Waals surface area contributed by atoms with Crippen molar-refractivity contribution in [2.24, 2.45) is 0 Å². The number of carboxylic acid groups (broad SMARTS) is 1. The lowest BCUT2D eigenvalue weighted by Gasteiger charge is -2.19. The zero-order chi connectivity index (χ0) is 12.8. The largest absolute Gasteiger partial charge is 0.478 e. The van der Waals surface area contributed by atoms with Crippen LogP contribution in [0.3, 0.4) is 0 Å². The molecule has 0 radical (unpaired) electrons. The van der Waals surface area contributed by atoms with Crippen LogP contribution in [0, 0.1) is 0 Å². The van der Waals surface area contributed by atoms with E-state index in [4.69, 9.17) is 5.11 Å². The number of anilines is 1. The van der Waals surface area contributed by atoms with E-state index in [0.717, 1.165) is 4.90 Å². The number of sulfone groups is 1. The van der Waals surface area contributed by atoms with Gasteiger partial charge in [0.1, 0.15) is 0 Å². The van der Waals surface area contributed by atoms with Crippen molar-refractivity contribution >= 4 is 33.3 Å². The molecule has 0 amide bonds. The van der Waals surface area contributed by atoms with Crippen molar-refractivity contribution in [3.63, 3.8) is 0 Å². The molecule has 1 N–H and O–H groups in total. The van der Waals surface area contributed by atoms with Crippen molar-refractivity contribution in [2.75, 3.05) is 18.2 Å². The Morgan fingerprint density at radius 2 is 2.12 bits per heavy atom. The van der Waals surface area contributed by atoms with Crippen LogP contribution in [0.5, 0.6) is 0 Å². The maximum Gasteiger partial charge on any atom is 0.335 e. The van der Waals surface area contributed by atoms with Crippen molar-refractivity contribution in [1.29, 1.82) is 0 Å². The lowest BCUT2D eigenvalue weighted by atomic mass is 10.2. The number of carbonyl (C=O) groups is 1. The number of nitrogens with zero attached hydrogens (tertiary/aromatic N) is 1. The van der Waals surface area contributed by atoms with E-state index in [9.17, 15) is 13.2 Å². The molecule has 1 aromatic rings. The molecule has 5 nitrogen and oxygen atoms in total. The lowest BCUT2D eigenvalue weighted by Crippen LogP contribution is -2.31. The van der Waals surface area contributed by atoms with Gasteiger partial charge in [0.05, 0.1) is 11.3 Å². The van der Waals surface area contributed by atoms with Crippen LogP contribution in [0.15, 0.2) is 23.1 Å². The highest BCUT2D eigenvalue weighted by atomic mass is 32.3. The van der Waals surface area contributed by atoms with Crippen LogP contribution in [-0.2, 0) is 9.84 Å². The van der Waals surface area contributed by atoms with Crippen molar-refractivity contribution < 1.29 is 18.3 Å². The maximum absolute atomic E-state index is 11.6. The molecule has 2 rings (SSSR count). The molecule has 1 heterocycles. The van der Waals surface area contributed by atoms with Gasteiger partial charge in [0.2, 0.25) is 0 Å². The summed E-state index contributed by atoms with van der Waals surface area (Å²) in [4.78, 5) is 13.2. The molecule has 0 bridgehead atoms. The smallest absolute Gasteiger partial charge is 0.335 e. The van der Waals surface area contributed by atoms with Gasteiger partial charge in [-0.15, -0.1) is 0 Å². The van der Waals surface area contributed by atoms with Crippen LogP contribution in [-0.4, -0.2) is 37.5 Å². The highest BCUT2D eigenvalue weighted by Gasteiger charge is 2.35. The molecule has 92 valence electrons. The van der Waals surface area contributed by atoms with Gasteiger partial charge in [-0.3, -0.25) is 0 Å². The van der Waals surface area contributed by atoms with E-state index < -0.39 is 20.5 Å². The van der Waals surface area contributed by atoms with E-state index in [1.54, 1.807) is 18.0 Å².